The zero-order valence-corrected chi connectivity index (χ0v) is 21.6. The summed E-state index contributed by atoms with van der Waals surface area (Å²) in [6.45, 7) is 1.29. The van der Waals surface area contributed by atoms with Gasteiger partial charge in [-0.05, 0) is 62.1 Å². The minimum absolute atomic E-state index is 0.0442. The molecule has 2 aromatic heterocycles. The summed E-state index contributed by atoms with van der Waals surface area (Å²) in [4.78, 5) is 28.1. The van der Waals surface area contributed by atoms with E-state index in [0.29, 0.717) is 35.1 Å². The number of ether oxygens (including phenoxy) is 1. The van der Waals surface area contributed by atoms with Gasteiger partial charge >= 0.3 is 6.18 Å². The molecule has 12 heteroatoms. The number of methoxy groups -OCH3 is 1. The summed E-state index contributed by atoms with van der Waals surface area (Å²) in [7, 11) is 1.51. The van der Waals surface area contributed by atoms with Crippen LogP contribution in [0.2, 0.25) is 0 Å². The van der Waals surface area contributed by atoms with E-state index in [4.69, 9.17) is 4.74 Å². The molecular weight excluding hydrogens is 528 g/mol. The number of aromatic nitrogens is 4. The number of nitrogens with one attached hydrogen (secondary N) is 1. The summed E-state index contributed by atoms with van der Waals surface area (Å²) in [6.07, 6.45) is 0.265. The maximum absolute atomic E-state index is 14.1. The molecule has 0 bridgehead atoms. The van der Waals surface area contributed by atoms with Crippen LogP contribution in [-0.4, -0.2) is 56.6 Å². The van der Waals surface area contributed by atoms with Crippen LogP contribution in [0.4, 0.5) is 23.5 Å². The summed E-state index contributed by atoms with van der Waals surface area (Å²) in [5.41, 5.74) is -0.286. The Balaban J connectivity index is 1.39. The van der Waals surface area contributed by atoms with Gasteiger partial charge in [-0.1, -0.05) is 0 Å². The van der Waals surface area contributed by atoms with Crippen LogP contribution in [0, 0.1) is 11.7 Å². The molecule has 2 fully saturated rings. The predicted octanol–water partition coefficient (Wildman–Crippen LogP) is 5.46. The maximum Gasteiger partial charge on any atom is 0.419 e. The highest BCUT2D eigenvalue weighted by Gasteiger charge is 2.36. The van der Waals surface area contributed by atoms with Crippen molar-refractivity contribution >= 4 is 22.9 Å². The van der Waals surface area contributed by atoms with Crippen molar-refractivity contribution in [3.05, 3.63) is 60.0 Å². The minimum Gasteiger partial charge on any atom is -0.497 e. The molecule has 0 radical (unpaired) electrons. The molecule has 1 unspecified atom stereocenters. The Labute approximate surface area is 227 Å². The van der Waals surface area contributed by atoms with Crippen molar-refractivity contribution in [2.24, 2.45) is 5.92 Å². The van der Waals surface area contributed by atoms with Gasteiger partial charge < -0.3 is 15.0 Å². The summed E-state index contributed by atoms with van der Waals surface area (Å²) < 4.78 is 61.7. The summed E-state index contributed by atoms with van der Waals surface area (Å²) in [6, 6.07) is 9.46. The first-order valence-electron chi connectivity index (χ1n) is 13.0. The van der Waals surface area contributed by atoms with E-state index in [2.05, 4.69) is 20.3 Å². The van der Waals surface area contributed by atoms with Crippen molar-refractivity contribution in [1.82, 2.24) is 24.4 Å². The number of nitrogens with zero attached hydrogens (tertiary/aromatic N) is 5. The zero-order valence-electron chi connectivity index (χ0n) is 21.6. The molecule has 3 heterocycles. The van der Waals surface area contributed by atoms with E-state index >= 15 is 0 Å². The molecule has 1 saturated heterocycles. The Kier molecular flexibility index (Phi) is 6.55. The van der Waals surface area contributed by atoms with E-state index in [9.17, 15) is 22.4 Å². The summed E-state index contributed by atoms with van der Waals surface area (Å²) in [5, 5.41) is 3.32. The summed E-state index contributed by atoms with van der Waals surface area (Å²) in [5.74, 6) is 0.310. The van der Waals surface area contributed by atoms with Crippen LogP contribution in [0.3, 0.4) is 0 Å². The van der Waals surface area contributed by atoms with Gasteiger partial charge in [0, 0.05) is 42.9 Å². The van der Waals surface area contributed by atoms with Crippen LogP contribution in [0.25, 0.3) is 28.2 Å². The standard InChI is InChI=1S/C28H26F4N6O2/c1-40-19-7-9-22-23(14-19)38(25(35-22)17-6-8-21(29)20(13-17)28(30,31)32)24-10-11-33-27(36-24)34-18-3-2-12-37(15-18)26(39)16-4-5-16/h6-11,13-14,16,18H,2-5,12,15H2,1H3,(H,33,34,36). The third-order valence-corrected chi connectivity index (χ3v) is 7.25. The molecule has 2 aromatic carbocycles. The van der Waals surface area contributed by atoms with Gasteiger partial charge in [-0.2, -0.15) is 18.2 Å². The van der Waals surface area contributed by atoms with E-state index in [-0.39, 0.29) is 29.3 Å². The van der Waals surface area contributed by atoms with Crippen molar-refractivity contribution in [2.75, 3.05) is 25.5 Å². The van der Waals surface area contributed by atoms with Crippen molar-refractivity contribution in [3.63, 3.8) is 0 Å². The fourth-order valence-electron chi connectivity index (χ4n) is 5.10. The van der Waals surface area contributed by atoms with Crippen molar-refractivity contribution in [3.8, 4) is 23.0 Å². The van der Waals surface area contributed by atoms with Gasteiger partial charge in [-0.25, -0.2) is 14.4 Å². The molecule has 0 spiro atoms. The van der Waals surface area contributed by atoms with Crippen LogP contribution in [0.1, 0.15) is 31.2 Å². The molecule has 2 aliphatic rings. The lowest BCUT2D eigenvalue weighted by Gasteiger charge is -2.33. The second-order valence-electron chi connectivity index (χ2n) is 10.1. The molecular formula is C28H26F4N6O2. The van der Waals surface area contributed by atoms with E-state index in [1.165, 1.54) is 13.2 Å². The molecule has 1 saturated carbocycles. The molecule has 6 rings (SSSR count). The topological polar surface area (TPSA) is 85.2 Å². The minimum atomic E-state index is -4.87. The maximum atomic E-state index is 14.1. The summed E-state index contributed by atoms with van der Waals surface area (Å²) >= 11 is 0. The smallest absolute Gasteiger partial charge is 0.419 e. The number of imidazole rings is 1. The number of halogens is 4. The van der Waals surface area contributed by atoms with Gasteiger partial charge in [-0.3, -0.25) is 9.36 Å². The van der Waals surface area contributed by atoms with E-state index < -0.39 is 17.6 Å². The van der Waals surface area contributed by atoms with Crippen molar-refractivity contribution in [2.45, 2.75) is 37.9 Å². The molecule has 1 atom stereocenters. The number of carbonyl (C=O) groups excluding carboxylic acids is 1. The van der Waals surface area contributed by atoms with Crippen LogP contribution in [0.5, 0.6) is 5.75 Å². The number of hydrogen-bond donors (Lipinski definition) is 1. The van der Waals surface area contributed by atoms with Gasteiger partial charge in [0.25, 0.3) is 0 Å². The first-order chi connectivity index (χ1) is 19.2. The lowest BCUT2D eigenvalue weighted by molar-refractivity contribution is -0.140. The number of benzene rings is 2. The third-order valence-electron chi connectivity index (χ3n) is 7.25. The lowest BCUT2D eigenvalue weighted by Crippen LogP contribution is -2.45. The van der Waals surface area contributed by atoms with Gasteiger partial charge in [0.05, 0.1) is 23.7 Å². The van der Waals surface area contributed by atoms with Crippen molar-refractivity contribution < 1.29 is 27.1 Å². The highest BCUT2D eigenvalue weighted by atomic mass is 19.4. The number of hydrogen-bond acceptors (Lipinski definition) is 6. The average molecular weight is 555 g/mol. The fraction of sp³-hybridized carbons (Fsp3) is 0.357. The highest BCUT2D eigenvalue weighted by Crippen LogP contribution is 2.36. The first-order valence-corrected chi connectivity index (χ1v) is 13.0. The number of anilines is 1. The number of amides is 1. The molecule has 208 valence electrons. The molecule has 1 aliphatic heterocycles. The van der Waals surface area contributed by atoms with Crippen LogP contribution >= 0.6 is 0 Å². The van der Waals surface area contributed by atoms with E-state index in [1.807, 2.05) is 4.90 Å². The third kappa shape index (κ3) is 5.05. The van der Waals surface area contributed by atoms with E-state index in [0.717, 1.165) is 44.4 Å². The predicted molar refractivity (Wildman–Crippen MR) is 140 cm³/mol. The number of fused-ring (bicyclic) bond motifs is 1. The SMILES string of the molecule is COc1ccc2nc(-c3ccc(F)c(C(F)(F)F)c3)n(-c3ccnc(NC4CCCN(C(=O)C5CC5)C4)n3)c2c1. The number of piperidine rings is 1. The van der Waals surface area contributed by atoms with Gasteiger partial charge in [0.15, 0.2) is 0 Å². The zero-order chi connectivity index (χ0) is 28.0. The van der Waals surface area contributed by atoms with Crippen LogP contribution in [0.15, 0.2) is 48.7 Å². The van der Waals surface area contributed by atoms with Gasteiger partial charge in [-0.15, -0.1) is 0 Å². The Morgan fingerprint density at radius 2 is 1.90 bits per heavy atom. The Morgan fingerprint density at radius 1 is 1.07 bits per heavy atom. The van der Waals surface area contributed by atoms with E-state index in [1.54, 1.807) is 35.0 Å². The lowest BCUT2D eigenvalue weighted by atomic mass is 10.1. The van der Waals surface area contributed by atoms with Crippen molar-refractivity contribution in [1.29, 1.82) is 0 Å². The average Bonchev–Trinajstić information content (AvgIpc) is 3.72. The largest absolute Gasteiger partial charge is 0.497 e. The van der Waals surface area contributed by atoms with Crippen LogP contribution < -0.4 is 10.1 Å². The second kappa shape index (κ2) is 10.1. The number of carbonyl (C=O) groups is 1. The molecule has 40 heavy (non-hydrogen) atoms. The molecule has 1 amide bonds. The molecule has 4 aromatic rings. The van der Waals surface area contributed by atoms with Gasteiger partial charge in [0.1, 0.15) is 23.2 Å². The monoisotopic (exact) mass is 554 g/mol. The Morgan fingerprint density at radius 3 is 2.65 bits per heavy atom. The molecule has 1 N–H and O–H groups in total. The first kappa shape index (κ1) is 26.0. The number of rotatable bonds is 6. The number of likely N-dealkylation sites (tertiary alicyclic amines) is 1. The Bertz CT molecular complexity index is 1580. The highest BCUT2D eigenvalue weighted by molar-refractivity contribution is 5.84. The number of alkyl halides is 3. The second-order valence-corrected chi connectivity index (χ2v) is 10.1. The van der Waals surface area contributed by atoms with Crippen LogP contribution in [-0.2, 0) is 11.0 Å². The quantitative estimate of drug-likeness (QED) is 0.319. The normalized spacial score (nSPS) is 17.7. The van der Waals surface area contributed by atoms with Gasteiger partial charge in [0.2, 0.25) is 11.9 Å². The fourth-order valence-corrected chi connectivity index (χ4v) is 5.10. The Hall–Kier alpha value is -4.22. The molecule has 8 nitrogen and oxygen atoms in total. The molecule has 1 aliphatic carbocycles.